The van der Waals surface area contributed by atoms with Gasteiger partial charge in [-0.2, -0.15) is 0 Å². The van der Waals surface area contributed by atoms with Crippen molar-refractivity contribution in [3.05, 3.63) is 58.1 Å². The first-order valence-corrected chi connectivity index (χ1v) is 9.10. The Morgan fingerprint density at radius 3 is 2.26 bits per heavy atom. The Labute approximate surface area is 141 Å². The van der Waals surface area contributed by atoms with E-state index in [4.69, 9.17) is 16.3 Å². The Balaban J connectivity index is 2.40. The van der Waals surface area contributed by atoms with Crippen LogP contribution in [0.4, 0.5) is 0 Å². The molecular formula is C17H17ClO4S. The van der Waals surface area contributed by atoms with E-state index in [0.29, 0.717) is 10.8 Å². The van der Waals surface area contributed by atoms with E-state index in [-0.39, 0.29) is 16.2 Å². The maximum atomic E-state index is 12.4. The van der Waals surface area contributed by atoms with Crippen molar-refractivity contribution in [3.63, 3.8) is 0 Å². The van der Waals surface area contributed by atoms with Gasteiger partial charge in [0.25, 0.3) is 0 Å². The third-order valence-electron chi connectivity index (χ3n) is 3.44. The van der Waals surface area contributed by atoms with E-state index in [1.165, 1.54) is 19.1 Å². The lowest BCUT2D eigenvalue weighted by Gasteiger charge is -2.11. The summed E-state index contributed by atoms with van der Waals surface area (Å²) in [7, 11) is -3.51. The summed E-state index contributed by atoms with van der Waals surface area (Å²) in [6, 6.07) is 9.32. The van der Waals surface area contributed by atoms with Crippen LogP contribution in [-0.4, -0.2) is 20.1 Å². The molecule has 0 aliphatic rings. The predicted molar refractivity (Wildman–Crippen MR) is 90.1 cm³/mol. The standard InChI is InChI=1S/C17H17ClO4S/c1-4-23(20,21)15-8-6-5-7-14(15)17(19)22-13-9-11(2)16(18)12(3)10-13/h5-10H,4H2,1-3H3. The molecular weight excluding hydrogens is 336 g/mol. The van der Waals surface area contributed by atoms with Crippen molar-refractivity contribution in [2.75, 3.05) is 5.75 Å². The minimum atomic E-state index is -3.51. The first-order chi connectivity index (χ1) is 10.8. The van der Waals surface area contributed by atoms with Crippen LogP contribution < -0.4 is 4.74 Å². The van der Waals surface area contributed by atoms with Gasteiger partial charge >= 0.3 is 5.97 Å². The second-order valence-corrected chi connectivity index (χ2v) is 7.78. The molecule has 0 bridgehead atoms. The number of aryl methyl sites for hydroxylation is 2. The number of esters is 1. The van der Waals surface area contributed by atoms with E-state index in [9.17, 15) is 13.2 Å². The van der Waals surface area contributed by atoms with Gasteiger partial charge in [0, 0.05) is 5.02 Å². The van der Waals surface area contributed by atoms with E-state index in [1.807, 2.05) is 13.8 Å². The third kappa shape index (κ3) is 3.74. The molecule has 4 nitrogen and oxygen atoms in total. The summed E-state index contributed by atoms with van der Waals surface area (Å²) < 4.78 is 29.5. The largest absolute Gasteiger partial charge is 0.423 e. The topological polar surface area (TPSA) is 60.4 Å². The van der Waals surface area contributed by atoms with Crippen molar-refractivity contribution in [2.24, 2.45) is 0 Å². The number of carbonyl (C=O) groups excluding carboxylic acids is 1. The average molecular weight is 353 g/mol. The summed E-state index contributed by atoms with van der Waals surface area (Å²) in [4.78, 5) is 12.4. The highest BCUT2D eigenvalue weighted by Gasteiger charge is 2.22. The van der Waals surface area contributed by atoms with Crippen molar-refractivity contribution < 1.29 is 17.9 Å². The fourth-order valence-corrected chi connectivity index (χ4v) is 3.38. The van der Waals surface area contributed by atoms with Crippen LogP contribution in [0.3, 0.4) is 0 Å². The van der Waals surface area contributed by atoms with Gasteiger partial charge in [-0.3, -0.25) is 0 Å². The zero-order chi connectivity index (χ0) is 17.2. The summed E-state index contributed by atoms with van der Waals surface area (Å²) in [5.74, 6) is -0.465. The highest BCUT2D eigenvalue weighted by Crippen LogP contribution is 2.27. The molecule has 6 heteroatoms. The van der Waals surface area contributed by atoms with Crippen LogP contribution in [0.5, 0.6) is 5.75 Å². The van der Waals surface area contributed by atoms with E-state index >= 15 is 0 Å². The monoisotopic (exact) mass is 352 g/mol. The zero-order valence-corrected chi connectivity index (χ0v) is 14.7. The van der Waals surface area contributed by atoms with E-state index in [1.54, 1.807) is 24.3 Å². The minimum absolute atomic E-state index is 0.0186. The smallest absolute Gasteiger partial charge is 0.344 e. The van der Waals surface area contributed by atoms with E-state index in [0.717, 1.165) is 11.1 Å². The van der Waals surface area contributed by atoms with Gasteiger partial charge in [-0.15, -0.1) is 0 Å². The lowest BCUT2D eigenvalue weighted by molar-refractivity contribution is 0.0730. The highest BCUT2D eigenvalue weighted by molar-refractivity contribution is 7.91. The van der Waals surface area contributed by atoms with Crippen molar-refractivity contribution in [1.82, 2.24) is 0 Å². The minimum Gasteiger partial charge on any atom is -0.423 e. The molecule has 2 aromatic rings. The van der Waals surface area contributed by atoms with Crippen molar-refractivity contribution in [1.29, 1.82) is 0 Å². The van der Waals surface area contributed by atoms with E-state index < -0.39 is 15.8 Å². The zero-order valence-electron chi connectivity index (χ0n) is 13.1. The van der Waals surface area contributed by atoms with Gasteiger partial charge in [0.2, 0.25) is 0 Å². The molecule has 0 aromatic heterocycles. The van der Waals surface area contributed by atoms with Gasteiger partial charge in [0.1, 0.15) is 5.75 Å². The molecule has 0 aliphatic heterocycles. The highest BCUT2D eigenvalue weighted by atomic mass is 35.5. The number of halogens is 1. The predicted octanol–water partition coefficient (Wildman–Crippen LogP) is 3.97. The molecule has 2 aromatic carbocycles. The third-order valence-corrected chi connectivity index (χ3v) is 5.82. The fraction of sp³-hybridized carbons (Fsp3) is 0.235. The van der Waals surface area contributed by atoms with Crippen LogP contribution in [0.2, 0.25) is 5.02 Å². The van der Waals surface area contributed by atoms with Crippen molar-refractivity contribution in [2.45, 2.75) is 25.7 Å². The van der Waals surface area contributed by atoms with Crippen molar-refractivity contribution in [3.8, 4) is 5.75 Å². The summed E-state index contributed by atoms with van der Waals surface area (Å²) in [6.07, 6.45) is 0. The molecule has 23 heavy (non-hydrogen) atoms. The fourth-order valence-electron chi connectivity index (χ4n) is 2.19. The van der Waals surface area contributed by atoms with Crippen LogP contribution >= 0.6 is 11.6 Å². The first-order valence-electron chi connectivity index (χ1n) is 7.07. The average Bonchev–Trinajstić information content (AvgIpc) is 2.52. The van der Waals surface area contributed by atoms with Gasteiger partial charge in [-0.25, -0.2) is 13.2 Å². The molecule has 2 rings (SSSR count). The molecule has 0 spiro atoms. The summed E-state index contributed by atoms with van der Waals surface area (Å²) in [5.41, 5.74) is 1.59. The van der Waals surface area contributed by atoms with Crippen molar-refractivity contribution >= 4 is 27.4 Å². The maximum Gasteiger partial charge on any atom is 0.344 e. The Morgan fingerprint density at radius 1 is 1.13 bits per heavy atom. The summed E-state index contributed by atoms with van der Waals surface area (Å²) >= 11 is 6.09. The molecule has 0 saturated heterocycles. The van der Waals surface area contributed by atoms with Crippen LogP contribution in [0.25, 0.3) is 0 Å². The van der Waals surface area contributed by atoms with Gasteiger partial charge < -0.3 is 4.74 Å². The van der Waals surface area contributed by atoms with Gasteiger partial charge in [-0.05, 0) is 49.2 Å². The van der Waals surface area contributed by atoms with Gasteiger partial charge in [-0.1, -0.05) is 30.7 Å². The molecule has 0 unspecified atom stereocenters. The maximum absolute atomic E-state index is 12.4. The molecule has 0 saturated carbocycles. The lowest BCUT2D eigenvalue weighted by atomic mass is 10.1. The second kappa shape index (κ2) is 6.72. The van der Waals surface area contributed by atoms with E-state index in [2.05, 4.69) is 0 Å². The normalized spacial score (nSPS) is 11.3. The quantitative estimate of drug-likeness (QED) is 0.617. The number of benzene rings is 2. The summed E-state index contributed by atoms with van der Waals surface area (Å²) in [6.45, 7) is 5.15. The number of rotatable bonds is 4. The molecule has 0 radical (unpaired) electrons. The lowest BCUT2D eigenvalue weighted by Crippen LogP contribution is -2.15. The van der Waals surface area contributed by atoms with Crippen LogP contribution in [0.1, 0.15) is 28.4 Å². The van der Waals surface area contributed by atoms with Crippen LogP contribution in [0.15, 0.2) is 41.3 Å². The molecule has 0 N–H and O–H groups in total. The molecule has 0 aliphatic carbocycles. The number of sulfone groups is 1. The Bertz CT molecular complexity index is 834. The number of hydrogen-bond donors (Lipinski definition) is 0. The number of carbonyl (C=O) groups is 1. The molecule has 0 fully saturated rings. The first kappa shape index (κ1) is 17.5. The summed E-state index contributed by atoms with van der Waals surface area (Å²) in [5, 5.41) is 0.610. The molecule has 122 valence electrons. The number of hydrogen-bond acceptors (Lipinski definition) is 4. The molecule has 0 atom stereocenters. The molecule has 0 heterocycles. The SMILES string of the molecule is CCS(=O)(=O)c1ccccc1C(=O)Oc1cc(C)c(Cl)c(C)c1. The molecule has 0 amide bonds. The second-order valence-electron chi connectivity index (χ2n) is 5.16. The van der Waals surface area contributed by atoms with Gasteiger partial charge in [0.15, 0.2) is 9.84 Å². The Morgan fingerprint density at radius 2 is 1.70 bits per heavy atom. The Kier molecular flexibility index (Phi) is 5.12. The van der Waals surface area contributed by atoms with Gasteiger partial charge in [0.05, 0.1) is 16.2 Å². The van der Waals surface area contributed by atoms with Crippen LogP contribution in [-0.2, 0) is 9.84 Å². The Hall–Kier alpha value is -1.85. The number of ether oxygens (including phenoxy) is 1. The van der Waals surface area contributed by atoms with Crippen LogP contribution in [0, 0.1) is 13.8 Å².